The highest BCUT2D eigenvalue weighted by atomic mass is 35.5. The van der Waals surface area contributed by atoms with Gasteiger partial charge in [-0.1, -0.05) is 24.6 Å². The number of nitrogens with zero attached hydrogens (tertiary/aromatic N) is 2. The Hall–Kier alpha value is -0.770. The maximum atomic E-state index is 6.23. The summed E-state index contributed by atoms with van der Waals surface area (Å²) in [6.45, 7) is 9.47. The summed E-state index contributed by atoms with van der Waals surface area (Å²) in [7, 11) is 0. The van der Waals surface area contributed by atoms with Crippen LogP contribution in [0.15, 0.2) is 18.2 Å². The minimum Gasteiger partial charge on any atom is -0.369 e. The highest BCUT2D eigenvalue weighted by Gasteiger charge is 2.20. The average Bonchev–Trinajstić information content (AvgIpc) is 2.46. The van der Waals surface area contributed by atoms with Gasteiger partial charge in [0.2, 0.25) is 0 Å². The van der Waals surface area contributed by atoms with E-state index < -0.39 is 0 Å². The molecular weight excluding hydrogens is 258 g/mol. The number of benzene rings is 1. The molecule has 2 rings (SSSR count). The fourth-order valence-corrected chi connectivity index (χ4v) is 2.83. The van der Waals surface area contributed by atoms with Gasteiger partial charge >= 0.3 is 0 Å². The highest BCUT2D eigenvalue weighted by Crippen LogP contribution is 2.24. The summed E-state index contributed by atoms with van der Waals surface area (Å²) in [4.78, 5) is 4.97. The van der Waals surface area contributed by atoms with Gasteiger partial charge in [0, 0.05) is 49.5 Å². The number of hydrogen-bond acceptors (Lipinski definition) is 3. The minimum absolute atomic E-state index is 0.501. The number of piperazine rings is 1. The van der Waals surface area contributed by atoms with Crippen LogP contribution >= 0.6 is 11.6 Å². The predicted octanol–water partition coefficient (Wildman–Crippen LogP) is 2.72. The van der Waals surface area contributed by atoms with Crippen molar-refractivity contribution >= 4 is 17.3 Å². The SMILES string of the molecule is CCC(C)N1CCN(c2ccc(CN)c(Cl)c2)CC1. The van der Waals surface area contributed by atoms with Crippen molar-refractivity contribution in [3.63, 3.8) is 0 Å². The van der Waals surface area contributed by atoms with E-state index in [-0.39, 0.29) is 0 Å². The van der Waals surface area contributed by atoms with Gasteiger partial charge in [-0.15, -0.1) is 0 Å². The molecule has 1 unspecified atom stereocenters. The van der Waals surface area contributed by atoms with Crippen molar-refractivity contribution < 1.29 is 0 Å². The van der Waals surface area contributed by atoms with E-state index in [9.17, 15) is 0 Å². The summed E-state index contributed by atoms with van der Waals surface area (Å²) in [5.41, 5.74) is 7.87. The van der Waals surface area contributed by atoms with Crippen LogP contribution in [-0.2, 0) is 6.54 Å². The zero-order valence-electron chi connectivity index (χ0n) is 11.9. The van der Waals surface area contributed by atoms with E-state index in [4.69, 9.17) is 17.3 Å². The van der Waals surface area contributed by atoms with E-state index in [1.807, 2.05) is 12.1 Å². The predicted molar refractivity (Wildman–Crippen MR) is 82.9 cm³/mol. The monoisotopic (exact) mass is 281 g/mol. The van der Waals surface area contributed by atoms with Gasteiger partial charge in [-0.2, -0.15) is 0 Å². The number of nitrogens with two attached hydrogens (primary N) is 1. The number of rotatable bonds is 4. The van der Waals surface area contributed by atoms with E-state index >= 15 is 0 Å². The van der Waals surface area contributed by atoms with Crippen LogP contribution in [0.3, 0.4) is 0 Å². The molecule has 0 radical (unpaired) electrons. The molecule has 1 heterocycles. The maximum absolute atomic E-state index is 6.23. The van der Waals surface area contributed by atoms with Crippen LogP contribution in [0.25, 0.3) is 0 Å². The van der Waals surface area contributed by atoms with Gasteiger partial charge in [-0.25, -0.2) is 0 Å². The third-order valence-electron chi connectivity index (χ3n) is 4.15. The molecule has 4 heteroatoms. The van der Waals surface area contributed by atoms with E-state index in [1.165, 1.54) is 12.1 Å². The smallest absolute Gasteiger partial charge is 0.0471 e. The van der Waals surface area contributed by atoms with Crippen LogP contribution < -0.4 is 10.6 Å². The molecule has 1 aliphatic rings. The Bertz CT molecular complexity index is 414. The van der Waals surface area contributed by atoms with Crippen molar-refractivity contribution in [2.24, 2.45) is 5.73 Å². The Balaban J connectivity index is 1.99. The van der Waals surface area contributed by atoms with Crippen LogP contribution in [0.4, 0.5) is 5.69 Å². The van der Waals surface area contributed by atoms with E-state index in [2.05, 4.69) is 29.7 Å². The lowest BCUT2D eigenvalue weighted by molar-refractivity contribution is 0.193. The van der Waals surface area contributed by atoms with Crippen LogP contribution in [0, 0.1) is 0 Å². The van der Waals surface area contributed by atoms with Gasteiger partial charge in [-0.3, -0.25) is 4.90 Å². The third kappa shape index (κ3) is 3.41. The first-order chi connectivity index (χ1) is 9.15. The van der Waals surface area contributed by atoms with Crippen molar-refractivity contribution in [3.8, 4) is 0 Å². The van der Waals surface area contributed by atoms with Gasteiger partial charge in [0.25, 0.3) is 0 Å². The molecule has 1 saturated heterocycles. The van der Waals surface area contributed by atoms with Crippen molar-refractivity contribution in [1.29, 1.82) is 0 Å². The molecular formula is C15H24ClN3. The molecule has 1 aromatic carbocycles. The Labute approximate surface area is 121 Å². The van der Waals surface area contributed by atoms with E-state index in [0.717, 1.165) is 36.8 Å². The zero-order chi connectivity index (χ0) is 13.8. The fraction of sp³-hybridized carbons (Fsp3) is 0.600. The van der Waals surface area contributed by atoms with Gasteiger partial charge in [0.05, 0.1) is 0 Å². The lowest BCUT2D eigenvalue weighted by atomic mass is 10.1. The summed E-state index contributed by atoms with van der Waals surface area (Å²) in [6.07, 6.45) is 1.22. The lowest BCUT2D eigenvalue weighted by Crippen LogP contribution is -2.49. The number of anilines is 1. The Kier molecular flexibility index (Phi) is 5.08. The Morgan fingerprint density at radius 3 is 2.47 bits per heavy atom. The average molecular weight is 282 g/mol. The Morgan fingerprint density at radius 2 is 1.95 bits per heavy atom. The molecule has 1 aliphatic heterocycles. The van der Waals surface area contributed by atoms with Gasteiger partial charge < -0.3 is 10.6 Å². The van der Waals surface area contributed by atoms with E-state index in [0.29, 0.717) is 12.6 Å². The first-order valence-corrected chi connectivity index (χ1v) is 7.51. The minimum atomic E-state index is 0.501. The van der Waals surface area contributed by atoms with Crippen molar-refractivity contribution in [3.05, 3.63) is 28.8 Å². The van der Waals surface area contributed by atoms with Crippen LogP contribution in [0.1, 0.15) is 25.8 Å². The molecule has 0 aliphatic carbocycles. The molecule has 19 heavy (non-hydrogen) atoms. The van der Waals surface area contributed by atoms with Crippen LogP contribution in [0.2, 0.25) is 5.02 Å². The third-order valence-corrected chi connectivity index (χ3v) is 4.50. The lowest BCUT2D eigenvalue weighted by Gasteiger charge is -2.39. The Morgan fingerprint density at radius 1 is 1.26 bits per heavy atom. The molecule has 0 aromatic heterocycles. The molecule has 0 spiro atoms. The maximum Gasteiger partial charge on any atom is 0.0471 e. The molecule has 2 N–H and O–H groups in total. The number of hydrogen-bond donors (Lipinski definition) is 1. The summed E-state index contributed by atoms with van der Waals surface area (Å²) >= 11 is 6.23. The summed E-state index contributed by atoms with van der Waals surface area (Å²) in [5.74, 6) is 0. The van der Waals surface area contributed by atoms with Gasteiger partial charge in [0.15, 0.2) is 0 Å². The second-order valence-corrected chi connectivity index (χ2v) is 5.67. The second kappa shape index (κ2) is 6.60. The largest absolute Gasteiger partial charge is 0.369 e. The molecule has 1 atom stereocenters. The van der Waals surface area contributed by atoms with Crippen LogP contribution in [-0.4, -0.2) is 37.1 Å². The molecule has 3 nitrogen and oxygen atoms in total. The van der Waals surface area contributed by atoms with Crippen LogP contribution in [0.5, 0.6) is 0 Å². The standard InChI is InChI=1S/C15H24ClN3/c1-3-12(2)18-6-8-19(9-7-18)14-5-4-13(11-17)15(16)10-14/h4-5,10,12H,3,6-9,11,17H2,1-2H3. The van der Waals surface area contributed by atoms with Crippen molar-refractivity contribution in [2.45, 2.75) is 32.9 Å². The summed E-state index contributed by atoms with van der Waals surface area (Å²) in [6, 6.07) is 6.90. The summed E-state index contributed by atoms with van der Waals surface area (Å²) < 4.78 is 0. The molecule has 1 fully saturated rings. The molecule has 106 valence electrons. The quantitative estimate of drug-likeness (QED) is 0.921. The fourth-order valence-electron chi connectivity index (χ4n) is 2.58. The van der Waals surface area contributed by atoms with Crippen molar-refractivity contribution in [1.82, 2.24) is 4.90 Å². The van der Waals surface area contributed by atoms with Crippen molar-refractivity contribution in [2.75, 3.05) is 31.1 Å². The molecule has 0 saturated carbocycles. The molecule has 0 amide bonds. The number of halogens is 1. The van der Waals surface area contributed by atoms with E-state index in [1.54, 1.807) is 0 Å². The first-order valence-electron chi connectivity index (χ1n) is 7.13. The normalized spacial score (nSPS) is 18.6. The first kappa shape index (κ1) is 14.6. The van der Waals surface area contributed by atoms with Gasteiger partial charge in [-0.05, 0) is 31.0 Å². The summed E-state index contributed by atoms with van der Waals surface area (Å²) in [5, 5.41) is 0.782. The second-order valence-electron chi connectivity index (χ2n) is 5.26. The topological polar surface area (TPSA) is 32.5 Å². The molecule has 1 aromatic rings. The molecule has 0 bridgehead atoms. The highest BCUT2D eigenvalue weighted by molar-refractivity contribution is 6.31. The van der Waals surface area contributed by atoms with Gasteiger partial charge in [0.1, 0.15) is 0 Å². The zero-order valence-corrected chi connectivity index (χ0v) is 12.7.